The van der Waals surface area contributed by atoms with Gasteiger partial charge in [0, 0.05) is 28.7 Å². The number of aliphatic carboxylic acids is 1. The van der Waals surface area contributed by atoms with Gasteiger partial charge in [-0.3, -0.25) is 14.4 Å². The van der Waals surface area contributed by atoms with Gasteiger partial charge in [-0.25, -0.2) is 0 Å². The van der Waals surface area contributed by atoms with E-state index < -0.39 is 5.97 Å². The van der Waals surface area contributed by atoms with E-state index in [9.17, 15) is 14.4 Å². The molecule has 16 heavy (non-hydrogen) atoms. The molecule has 0 radical (unpaired) electrons. The van der Waals surface area contributed by atoms with Crippen LogP contribution in [0, 0.1) is 0 Å². The van der Waals surface area contributed by atoms with Crippen LogP contribution in [0.2, 0.25) is 0 Å². The lowest BCUT2D eigenvalue weighted by Crippen LogP contribution is -2.21. The fourth-order valence-corrected chi connectivity index (χ4v) is 1.69. The predicted molar refractivity (Wildman–Crippen MR) is 58.0 cm³/mol. The maximum atomic E-state index is 11.8. The molecule has 0 heterocycles. The standard InChI is InChI=1S/C12H14O4/c1-6-7(2)12(16)9(4-5-10(13)14)8(3)11(6)15/h4-5H2,1-3H3,(H,13,14). The lowest BCUT2D eigenvalue weighted by molar-refractivity contribution is -0.137. The molecular formula is C12H14O4. The number of carbonyl (C=O) groups excluding carboxylic acids is 2. The van der Waals surface area contributed by atoms with Gasteiger partial charge in [0.2, 0.25) is 0 Å². The maximum absolute atomic E-state index is 11.8. The Hall–Kier alpha value is -1.71. The zero-order valence-corrected chi connectivity index (χ0v) is 9.59. The minimum atomic E-state index is -0.968. The van der Waals surface area contributed by atoms with Crippen LogP contribution in [-0.2, 0) is 14.4 Å². The molecule has 0 aromatic heterocycles. The van der Waals surface area contributed by atoms with Crippen LogP contribution < -0.4 is 0 Å². The Bertz CT molecular complexity index is 438. The second-order valence-corrected chi connectivity index (χ2v) is 3.91. The molecule has 0 aliphatic heterocycles. The van der Waals surface area contributed by atoms with E-state index in [2.05, 4.69) is 0 Å². The number of hydrogen-bond donors (Lipinski definition) is 1. The van der Waals surface area contributed by atoms with Crippen molar-refractivity contribution in [3.63, 3.8) is 0 Å². The van der Waals surface area contributed by atoms with Gasteiger partial charge in [-0.1, -0.05) is 0 Å². The van der Waals surface area contributed by atoms with Gasteiger partial charge < -0.3 is 5.11 Å². The highest BCUT2D eigenvalue weighted by Gasteiger charge is 2.27. The molecule has 1 aliphatic rings. The molecule has 1 N–H and O–H groups in total. The van der Waals surface area contributed by atoms with Crippen LogP contribution >= 0.6 is 0 Å². The summed E-state index contributed by atoms with van der Waals surface area (Å²) in [4.78, 5) is 34.0. The molecule has 0 saturated heterocycles. The van der Waals surface area contributed by atoms with E-state index in [-0.39, 0.29) is 24.4 Å². The zero-order chi connectivity index (χ0) is 12.5. The van der Waals surface area contributed by atoms with Crippen LogP contribution in [-0.4, -0.2) is 22.6 Å². The molecule has 86 valence electrons. The highest BCUT2D eigenvalue weighted by molar-refractivity contribution is 6.24. The molecule has 4 heteroatoms. The molecule has 0 aromatic rings. The molecule has 4 nitrogen and oxygen atoms in total. The third kappa shape index (κ3) is 2.10. The zero-order valence-electron chi connectivity index (χ0n) is 9.59. The molecule has 0 spiro atoms. The SMILES string of the molecule is CC1=C(C)C(=O)C(CCC(=O)O)=C(C)C1=O. The molecule has 1 aliphatic carbocycles. The molecule has 0 atom stereocenters. The van der Waals surface area contributed by atoms with Crippen molar-refractivity contribution in [2.75, 3.05) is 0 Å². The van der Waals surface area contributed by atoms with Gasteiger partial charge >= 0.3 is 5.97 Å². The van der Waals surface area contributed by atoms with Crippen molar-refractivity contribution in [2.24, 2.45) is 0 Å². The first-order valence-corrected chi connectivity index (χ1v) is 5.04. The van der Waals surface area contributed by atoms with Crippen LogP contribution in [0.3, 0.4) is 0 Å². The van der Waals surface area contributed by atoms with Gasteiger partial charge in [0.1, 0.15) is 0 Å². The predicted octanol–water partition coefficient (Wildman–Crippen LogP) is 1.66. The maximum Gasteiger partial charge on any atom is 0.303 e. The van der Waals surface area contributed by atoms with Gasteiger partial charge in [-0.15, -0.1) is 0 Å². The van der Waals surface area contributed by atoms with Crippen LogP contribution in [0.5, 0.6) is 0 Å². The molecule has 1 rings (SSSR count). The summed E-state index contributed by atoms with van der Waals surface area (Å²) in [6, 6.07) is 0. The molecule has 0 aromatic carbocycles. The fourth-order valence-electron chi connectivity index (χ4n) is 1.69. The Morgan fingerprint density at radius 1 is 1.00 bits per heavy atom. The first-order valence-electron chi connectivity index (χ1n) is 5.04. The summed E-state index contributed by atoms with van der Waals surface area (Å²) >= 11 is 0. The second-order valence-electron chi connectivity index (χ2n) is 3.91. The topological polar surface area (TPSA) is 71.4 Å². The summed E-state index contributed by atoms with van der Waals surface area (Å²) in [5.41, 5.74) is 1.61. The first-order chi connectivity index (χ1) is 7.36. The third-order valence-electron chi connectivity index (χ3n) is 2.90. The van der Waals surface area contributed by atoms with E-state index in [0.29, 0.717) is 22.3 Å². The number of carboxylic acid groups (broad SMARTS) is 1. The quantitative estimate of drug-likeness (QED) is 0.737. The van der Waals surface area contributed by atoms with Crippen molar-refractivity contribution in [3.05, 3.63) is 22.3 Å². The highest BCUT2D eigenvalue weighted by Crippen LogP contribution is 2.26. The summed E-state index contributed by atoms with van der Waals surface area (Å²) < 4.78 is 0. The van der Waals surface area contributed by atoms with Crippen molar-refractivity contribution in [1.82, 2.24) is 0 Å². The van der Waals surface area contributed by atoms with Crippen molar-refractivity contribution in [2.45, 2.75) is 33.6 Å². The number of carbonyl (C=O) groups is 3. The highest BCUT2D eigenvalue weighted by atomic mass is 16.4. The van der Waals surface area contributed by atoms with Crippen LogP contribution in [0.25, 0.3) is 0 Å². The van der Waals surface area contributed by atoms with Crippen LogP contribution in [0.15, 0.2) is 22.3 Å². The van der Waals surface area contributed by atoms with Gasteiger partial charge in [-0.2, -0.15) is 0 Å². The normalized spacial score (nSPS) is 17.2. The van der Waals surface area contributed by atoms with Crippen molar-refractivity contribution < 1.29 is 19.5 Å². The van der Waals surface area contributed by atoms with Gasteiger partial charge in [0.15, 0.2) is 11.6 Å². The van der Waals surface area contributed by atoms with E-state index in [1.165, 1.54) is 0 Å². The lowest BCUT2D eigenvalue weighted by Gasteiger charge is -2.17. The average molecular weight is 222 g/mol. The minimum absolute atomic E-state index is 0.121. The second kappa shape index (κ2) is 4.43. The Balaban J connectivity index is 3.04. The Kier molecular flexibility index (Phi) is 3.42. The number of carboxylic acids is 1. The molecule has 0 saturated carbocycles. The van der Waals surface area contributed by atoms with E-state index in [1.807, 2.05) is 0 Å². The molecule has 0 fully saturated rings. The number of hydrogen-bond acceptors (Lipinski definition) is 3. The minimum Gasteiger partial charge on any atom is -0.481 e. The molecule has 0 amide bonds. The van der Waals surface area contributed by atoms with E-state index >= 15 is 0 Å². The Morgan fingerprint density at radius 3 is 2.00 bits per heavy atom. The van der Waals surface area contributed by atoms with Crippen molar-refractivity contribution in [1.29, 1.82) is 0 Å². The largest absolute Gasteiger partial charge is 0.481 e. The Labute approximate surface area is 93.6 Å². The van der Waals surface area contributed by atoms with Crippen molar-refractivity contribution in [3.8, 4) is 0 Å². The summed E-state index contributed by atoms with van der Waals surface area (Å²) in [7, 11) is 0. The summed E-state index contributed by atoms with van der Waals surface area (Å²) in [5.74, 6) is -1.32. The van der Waals surface area contributed by atoms with E-state index in [0.717, 1.165) is 0 Å². The molecule has 0 bridgehead atoms. The van der Waals surface area contributed by atoms with Gasteiger partial charge in [0.05, 0.1) is 0 Å². The number of allylic oxidation sites excluding steroid dienone is 4. The van der Waals surface area contributed by atoms with E-state index in [4.69, 9.17) is 5.11 Å². The fraction of sp³-hybridized carbons (Fsp3) is 0.417. The number of rotatable bonds is 3. The first kappa shape index (κ1) is 12.4. The van der Waals surface area contributed by atoms with Crippen LogP contribution in [0.1, 0.15) is 33.6 Å². The van der Waals surface area contributed by atoms with Crippen molar-refractivity contribution >= 4 is 17.5 Å². The van der Waals surface area contributed by atoms with Gasteiger partial charge in [-0.05, 0) is 27.2 Å². The van der Waals surface area contributed by atoms with E-state index in [1.54, 1.807) is 20.8 Å². The number of Topliss-reactive ketones (excluding diaryl/α,β-unsaturated/α-hetero) is 2. The summed E-state index contributed by atoms with van der Waals surface area (Å²) in [6.07, 6.45) is -0.00557. The number of ketones is 2. The lowest BCUT2D eigenvalue weighted by atomic mass is 9.84. The summed E-state index contributed by atoms with van der Waals surface area (Å²) in [5, 5.41) is 8.57. The Morgan fingerprint density at radius 2 is 1.50 bits per heavy atom. The van der Waals surface area contributed by atoms with Gasteiger partial charge in [0.25, 0.3) is 0 Å². The summed E-state index contributed by atoms with van der Waals surface area (Å²) in [6.45, 7) is 4.79. The molecule has 0 unspecified atom stereocenters. The average Bonchev–Trinajstić information content (AvgIpc) is 2.23. The monoisotopic (exact) mass is 222 g/mol. The third-order valence-corrected chi connectivity index (χ3v) is 2.90. The smallest absolute Gasteiger partial charge is 0.303 e. The molecular weight excluding hydrogens is 208 g/mol. The van der Waals surface area contributed by atoms with Crippen LogP contribution in [0.4, 0.5) is 0 Å².